The molecule has 0 radical (unpaired) electrons. The zero-order valence-corrected chi connectivity index (χ0v) is 11.9. The molecule has 0 saturated heterocycles. The average Bonchev–Trinajstić information content (AvgIpc) is 2.97. The number of rotatable bonds is 6. The largest absolute Gasteiger partial charge is 0.481 e. The summed E-state index contributed by atoms with van der Waals surface area (Å²) in [6.07, 6.45) is 5.55. The van der Waals surface area contributed by atoms with Gasteiger partial charge in [-0.25, -0.2) is 0 Å². The van der Waals surface area contributed by atoms with Crippen molar-refractivity contribution < 1.29 is 19.4 Å². The highest BCUT2D eigenvalue weighted by atomic mass is 16.5. The molecule has 0 heterocycles. The predicted octanol–water partition coefficient (Wildman–Crippen LogP) is 3.00. The van der Waals surface area contributed by atoms with Gasteiger partial charge in [-0.15, -0.1) is 0 Å². The van der Waals surface area contributed by atoms with Crippen LogP contribution in [-0.4, -0.2) is 23.1 Å². The van der Waals surface area contributed by atoms with Crippen molar-refractivity contribution in [1.82, 2.24) is 0 Å². The second kappa shape index (κ2) is 5.51. The molecule has 2 rings (SSSR count). The third-order valence-electron chi connectivity index (χ3n) is 5.21. The Kier molecular flexibility index (Phi) is 4.16. The average molecular weight is 268 g/mol. The van der Waals surface area contributed by atoms with Gasteiger partial charge < -0.3 is 9.84 Å². The van der Waals surface area contributed by atoms with Gasteiger partial charge in [0.1, 0.15) is 6.10 Å². The third kappa shape index (κ3) is 2.77. The second-order valence-electron chi connectivity index (χ2n) is 6.18. The summed E-state index contributed by atoms with van der Waals surface area (Å²) in [4.78, 5) is 23.4. The first-order valence-electron chi connectivity index (χ1n) is 7.43. The fourth-order valence-corrected chi connectivity index (χ4v) is 3.74. The summed E-state index contributed by atoms with van der Waals surface area (Å²) in [6.45, 7) is 3.74. The molecule has 1 N–H and O–H groups in total. The number of carboxylic acids is 1. The molecular formula is C15H24O4. The van der Waals surface area contributed by atoms with Crippen molar-refractivity contribution in [1.29, 1.82) is 0 Å². The SMILES string of the molecule is CCC(CC)(CC(=O)O)C(=O)OC1CC2CCC1C2. The predicted molar refractivity (Wildman–Crippen MR) is 70.6 cm³/mol. The van der Waals surface area contributed by atoms with Crippen molar-refractivity contribution in [2.75, 3.05) is 0 Å². The molecule has 0 aromatic carbocycles. The van der Waals surface area contributed by atoms with Crippen LogP contribution in [0.1, 0.15) is 58.8 Å². The van der Waals surface area contributed by atoms with Crippen molar-refractivity contribution in [2.45, 2.75) is 64.9 Å². The van der Waals surface area contributed by atoms with E-state index in [9.17, 15) is 9.59 Å². The Balaban J connectivity index is 2.01. The summed E-state index contributed by atoms with van der Waals surface area (Å²) in [5, 5.41) is 9.02. The van der Waals surface area contributed by atoms with E-state index in [2.05, 4.69) is 0 Å². The second-order valence-corrected chi connectivity index (χ2v) is 6.18. The standard InChI is InChI=1S/C15H24O4/c1-3-15(4-2,9-13(16)17)14(18)19-12-8-10-5-6-11(12)7-10/h10-12H,3-9H2,1-2H3,(H,16,17). The van der Waals surface area contributed by atoms with E-state index in [1.807, 2.05) is 13.8 Å². The van der Waals surface area contributed by atoms with Crippen molar-refractivity contribution in [2.24, 2.45) is 17.3 Å². The zero-order valence-electron chi connectivity index (χ0n) is 11.9. The first-order valence-corrected chi connectivity index (χ1v) is 7.43. The van der Waals surface area contributed by atoms with Crippen LogP contribution < -0.4 is 0 Å². The lowest BCUT2D eigenvalue weighted by molar-refractivity contribution is -0.168. The van der Waals surface area contributed by atoms with E-state index in [0.29, 0.717) is 18.8 Å². The van der Waals surface area contributed by atoms with Gasteiger partial charge in [0, 0.05) is 0 Å². The lowest BCUT2D eigenvalue weighted by atomic mass is 9.79. The Morgan fingerprint density at radius 3 is 2.32 bits per heavy atom. The van der Waals surface area contributed by atoms with Crippen LogP contribution in [0.3, 0.4) is 0 Å². The Morgan fingerprint density at radius 1 is 1.21 bits per heavy atom. The van der Waals surface area contributed by atoms with Gasteiger partial charge in [-0.1, -0.05) is 13.8 Å². The number of carbonyl (C=O) groups excluding carboxylic acids is 1. The summed E-state index contributed by atoms with van der Waals surface area (Å²) >= 11 is 0. The monoisotopic (exact) mass is 268 g/mol. The minimum absolute atomic E-state index is 0.0394. The number of hydrogen-bond donors (Lipinski definition) is 1. The number of carbonyl (C=O) groups is 2. The maximum atomic E-state index is 12.4. The molecule has 2 fully saturated rings. The van der Waals surface area contributed by atoms with Crippen molar-refractivity contribution >= 4 is 11.9 Å². The zero-order chi connectivity index (χ0) is 14.0. The highest BCUT2D eigenvalue weighted by Crippen LogP contribution is 2.47. The topological polar surface area (TPSA) is 63.6 Å². The third-order valence-corrected chi connectivity index (χ3v) is 5.21. The van der Waals surface area contributed by atoms with Gasteiger partial charge in [-0.3, -0.25) is 9.59 Å². The van der Waals surface area contributed by atoms with Gasteiger partial charge >= 0.3 is 11.9 Å². The molecule has 3 atom stereocenters. The normalized spacial score (nSPS) is 29.5. The molecule has 4 heteroatoms. The van der Waals surface area contributed by atoms with Gasteiger partial charge in [-0.05, 0) is 50.4 Å². The number of ether oxygens (including phenoxy) is 1. The number of aliphatic carboxylic acids is 1. The molecule has 0 amide bonds. The van der Waals surface area contributed by atoms with E-state index in [0.717, 1.165) is 18.8 Å². The van der Waals surface area contributed by atoms with Crippen LogP contribution >= 0.6 is 0 Å². The Morgan fingerprint density at radius 2 is 1.89 bits per heavy atom. The number of hydrogen-bond acceptors (Lipinski definition) is 3. The Hall–Kier alpha value is -1.06. The minimum Gasteiger partial charge on any atom is -0.481 e. The number of carboxylic acid groups (broad SMARTS) is 1. The maximum Gasteiger partial charge on any atom is 0.312 e. The van der Waals surface area contributed by atoms with Crippen LogP contribution in [0.15, 0.2) is 0 Å². The van der Waals surface area contributed by atoms with E-state index < -0.39 is 11.4 Å². The van der Waals surface area contributed by atoms with Crippen LogP contribution in [0, 0.1) is 17.3 Å². The molecule has 0 aromatic heterocycles. The van der Waals surface area contributed by atoms with Crippen molar-refractivity contribution in [3.05, 3.63) is 0 Å². The van der Waals surface area contributed by atoms with Crippen LogP contribution in [0.2, 0.25) is 0 Å². The summed E-state index contributed by atoms with van der Waals surface area (Å²) < 4.78 is 5.69. The summed E-state index contributed by atoms with van der Waals surface area (Å²) in [5.74, 6) is 0.0242. The van der Waals surface area contributed by atoms with Gasteiger partial charge in [0.15, 0.2) is 0 Å². The molecule has 2 saturated carbocycles. The van der Waals surface area contributed by atoms with E-state index in [-0.39, 0.29) is 18.5 Å². The molecule has 2 aliphatic rings. The van der Waals surface area contributed by atoms with E-state index in [4.69, 9.17) is 9.84 Å². The minimum atomic E-state index is -0.923. The lowest BCUT2D eigenvalue weighted by Gasteiger charge is -2.31. The molecule has 0 aliphatic heterocycles. The summed E-state index contributed by atoms with van der Waals surface area (Å²) in [7, 11) is 0. The molecule has 3 unspecified atom stereocenters. The molecule has 0 spiro atoms. The van der Waals surface area contributed by atoms with Crippen molar-refractivity contribution in [3.63, 3.8) is 0 Å². The van der Waals surface area contributed by atoms with Crippen molar-refractivity contribution in [3.8, 4) is 0 Å². The molecule has 19 heavy (non-hydrogen) atoms. The molecule has 4 nitrogen and oxygen atoms in total. The first kappa shape index (κ1) is 14.4. The smallest absolute Gasteiger partial charge is 0.312 e. The van der Waals surface area contributed by atoms with Gasteiger partial charge in [0.25, 0.3) is 0 Å². The summed E-state index contributed by atoms with van der Waals surface area (Å²) in [6, 6.07) is 0. The van der Waals surface area contributed by atoms with Crippen LogP contribution in [0.25, 0.3) is 0 Å². The lowest BCUT2D eigenvalue weighted by Crippen LogP contribution is -2.38. The molecular weight excluding hydrogens is 244 g/mol. The van der Waals surface area contributed by atoms with E-state index in [1.165, 1.54) is 12.8 Å². The van der Waals surface area contributed by atoms with Gasteiger partial charge in [0.2, 0.25) is 0 Å². The quantitative estimate of drug-likeness (QED) is 0.752. The highest BCUT2D eigenvalue weighted by Gasteiger charge is 2.45. The maximum absolute atomic E-state index is 12.4. The Bertz CT molecular complexity index is 359. The summed E-state index contributed by atoms with van der Waals surface area (Å²) in [5.41, 5.74) is -0.840. The molecule has 2 aliphatic carbocycles. The molecule has 2 bridgehead atoms. The Labute approximate surface area is 114 Å². The fourth-order valence-electron chi connectivity index (χ4n) is 3.74. The van der Waals surface area contributed by atoms with Gasteiger partial charge in [-0.2, -0.15) is 0 Å². The van der Waals surface area contributed by atoms with Crippen LogP contribution in [0.4, 0.5) is 0 Å². The van der Waals surface area contributed by atoms with Crippen LogP contribution in [0.5, 0.6) is 0 Å². The van der Waals surface area contributed by atoms with Crippen LogP contribution in [-0.2, 0) is 14.3 Å². The molecule has 0 aromatic rings. The van der Waals surface area contributed by atoms with Gasteiger partial charge in [0.05, 0.1) is 11.8 Å². The number of esters is 1. The number of fused-ring (bicyclic) bond motifs is 2. The van der Waals surface area contributed by atoms with E-state index in [1.54, 1.807) is 0 Å². The highest BCUT2D eigenvalue weighted by molar-refractivity contribution is 5.82. The van der Waals surface area contributed by atoms with E-state index >= 15 is 0 Å². The first-order chi connectivity index (χ1) is 9.00. The molecule has 108 valence electrons. The fraction of sp³-hybridized carbons (Fsp3) is 0.867.